The van der Waals surface area contributed by atoms with E-state index in [9.17, 15) is 0 Å². The number of unbranched alkanes of at least 4 members (excludes halogenated alkanes) is 1. The van der Waals surface area contributed by atoms with Crippen molar-refractivity contribution in [2.75, 3.05) is 6.61 Å². The Labute approximate surface area is 63.3 Å². The molecule has 0 N–H and O–H groups in total. The lowest BCUT2D eigenvalue weighted by atomic mass is 10.3. The molecule has 0 atom stereocenters. The second-order valence-corrected chi connectivity index (χ2v) is 2.20. The number of hydrogen-bond acceptors (Lipinski definition) is 2. The molecule has 0 bridgehead atoms. The van der Waals surface area contributed by atoms with Crippen molar-refractivity contribution in [1.82, 2.24) is 0 Å². The molecule has 0 aliphatic carbocycles. The number of rotatable bonds is 5. The van der Waals surface area contributed by atoms with Crippen molar-refractivity contribution in [3.05, 3.63) is 6.92 Å². The van der Waals surface area contributed by atoms with E-state index in [1.807, 2.05) is 6.92 Å². The van der Waals surface area contributed by atoms with E-state index < -0.39 is 0 Å². The first-order chi connectivity index (χ1) is 4.81. The fourth-order valence-electron chi connectivity index (χ4n) is 0.410. The molecule has 0 fully saturated rings. The van der Waals surface area contributed by atoms with E-state index in [4.69, 9.17) is 4.84 Å². The summed E-state index contributed by atoms with van der Waals surface area (Å²) in [6.07, 6.45) is 3.08. The minimum absolute atomic E-state index is 0.718. The Balaban J connectivity index is 3.16. The van der Waals surface area contributed by atoms with Gasteiger partial charge in [-0.2, -0.15) is 0 Å². The Morgan fingerprint density at radius 2 is 2.20 bits per heavy atom. The van der Waals surface area contributed by atoms with Crippen molar-refractivity contribution in [2.45, 2.75) is 33.1 Å². The predicted molar refractivity (Wildman–Crippen MR) is 43.9 cm³/mol. The molecule has 10 heavy (non-hydrogen) atoms. The first-order valence-corrected chi connectivity index (χ1v) is 3.82. The van der Waals surface area contributed by atoms with Crippen LogP contribution in [0.5, 0.6) is 0 Å². The summed E-state index contributed by atoms with van der Waals surface area (Å²) >= 11 is 0. The van der Waals surface area contributed by atoms with E-state index in [1.165, 1.54) is 0 Å². The van der Waals surface area contributed by atoms with Gasteiger partial charge in [-0.25, -0.2) is 0 Å². The van der Waals surface area contributed by atoms with Crippen molar-refractivity contribution >= 4 is 5.71 Å². The smallest absolute Gasteiger partial charge is 0.117 e. The summed E-state index contributed by atoms with van der Waals surface area (Å²) in [5.41, 5.74) is 0.816. The predicted octanol–water partition coefficient (Wildman–Crippen LogP) is 2.40. The highest BCUT2D eigenvalue weighted by atomic mass is 16.6. The Morgan fingerprint density at radius 3 is 2.70 bits per heavy atom. The van der Waals surface area contributed by atoms with Crippen LogP contribution in [0.1, 0.15) is 33.1 Å². The molecule has 0 aliphatic heterocycles. The molecular formula is C8H16NO. The van der Waals surface area contributed by atoms with E-state index in [-0.39, 0.29) is 0 Å². The lowest BCUT2D eigenvalue weighted by molar-refractivity contribution is 0.141. The first kappa shape index (κ1) is 9.47. The molecule has 0 rings (SSSR count). The van der Waals surface area contributed by atoms with Gasteiger partial charge in [-0.1, -0.05) is 25.4 Å². The molecular weight excluding hydrogens is 126 g/mol. The number of oxime groups is 1. The molecule has 1 radical (unpaired) electrons. The Morgan fingerprint density at radius 1 is 1.50 bits per heavy atom. The lowest BCUT2D eigenvalue weighted by Crippen LogP contribution is -1.92. The summed E-state index contributed by atoms with van der Waals surface area (Å²) in [5, 5.41) is 3.79. The molecule has 59 valence electrons. The molecule has 0 aromatic carbocycles. The second-order valence-electron chi connectivity index (χ2n) is 2.20. The van der Waals surface area contributed by atoms with Crippen LogP contribution >= 0.6 is 0 Å². The molecule has 0 saturated heterocycles. The molecule has 0 aliphatic rings. The molecule has 0 unspecified atom stereocenters. The van der Waals surface area contributed by atoms with Gasteiger partial charge in [0.1, 0.15) is 6.61 Å². The molecule has 0 saturated carbocycles. The quantitative estimate of drug-likeness (QED) is 0.328. The average molecular weight is 142 g/mol. The van der Waals surface area contributed by atoms with Gasteiger partial charge < -0.3 is 4.84 Å². The van der Waals surface area contributed by atoms with Crippen molar-refractivity contribution in [3.63, 3.8) is 0 Å². The Hall–Kier alpha value is -0.530. The van der Waals surface area contributed by atoms with Gasteiger partial charge in [-0.05, 0) is 19.8 Å². The highest BCUT2D eigenvalue weighted by Gasteiger charge is 1.85. The third-order valence-corrected chi connectivity index (χ3v) is 1.19. The fourth-order valence-corrected chi connectivity index (χ4v) is 0.410. The molecule has 0 amide bonds. The highest BCUT2D eigenvalue weighted by Crippen LogP contribution is 1.90. The van der Waals surface area contributed by atoms with Crippen LogP contribution in [-0.4, -0.2) is 12.3 Å². The molecule has 0 aromatic rings. The van der Waals surface area contributed by atoms with Gasteiger partial charge in [-0.3, -0.25) is 0 Å². The Bertz CT molecular complexity index is 99.4. The minimum atomic E-state index is 0.718. The first-order valence-electron chi connectivity index (χ1n) is 3.82. The van der Waals surface area contributed by atoms with E-state index in [1.54, 1.807) is 0 Å². The van der Waals surface area contributed by atoms with Gasteiger partial charge in [0.2, 0.25) is 0 Å². The third kappa shape index (κ3) is 5.60. The molecule has 0 heterocycles. The van der Waals surface area contributed by atoms with E-state index in [0.29, 0.717) is 0 Å². The number of hydrogen-bond donors (Lipinski definition) is 0. The zero-order valence-corrected chi connectivity index (χ0v) is 6.89. The van der Waals surface area contributed by atoms with Crippen LogP contribution in [0.4, 0.5) is 0 Å². The molecule has 0 aromatic heterocycles. The van der Waals surface area contributed by atoms with Crippen LogP contribution in [0.25, 0.3) is 0 Å². The average Bonchev–Trinajstić information content (AvgIpc) is 1.98. The maximum Gasteiger partial charge on any atom is 0.117 e. The van der Waals surface area contributed by atoms with Crippen LogP contribution < -0.4 is 0 Å². The van der Waals surface area contributed by atoms with Crippen molar-refractivity contribution in [3.8, 4) is 0 Å². The Kier molecular flexibility index (Phi) is 6.24. The summed E-state index contributed by atoms with van der Waals surface area (Å²) in [6, 6.07) is 0. The summed E-state index contributed by atoms with van der Waals surface area (Å²) in [6.45, 7) is 8.53. The zero-order valence-electron chi connectivity index (χ0n) is 6.89. The van der Waals surface area contributed by atoms with Gasteiger partial charge in [0.15, 0.2) is 0 Å². The van der Waals surface area contributed by atoms with E-state index in [2.05, 4.69) is 19.0 Å². The van der Waals surface area contributed by atoms with Crippen molar-refractivity contribution in [2.24, 2.45) is 5.16 Å². The topological polar surface area (TPSA) is 21.6 Å². The maximum atomic E-state index is 4.95. The van der Waals surface area contributed by atoms with Crippen molar-refractivity contribution in [1.29, 1.82) is 0 Å². The van der Waals surface area contributed by atoms with Crippen LogP contribution in [0.3, 0.4) is 0 Å². The molecule has 0 spiro atoms. The minimum Gasteiger partial charge on any atom is -0.396 e. The normalized spacial score (nSPS) is 11.7. The van der Waals surface area contributed by atoms with Gasteiger partial charge in [-0.15, -0.1) is 0 Å². The van der Waals surface area contributed by atoms with Gasteiger partial charge in [0.25, 0.3) is 0 Å². The monoisotopic (exact) mass is 142 g/mol. The molecule has 2 heteroatoms. The van der Waals surface area contributed by atoms with Crippen LogP contribution in [-0.2, 0) is 4.84 Å². The largest absolute Gasteiger partial charge is 0.396 e. The summed E-state index contributed by atoms with van der Waals surface area (Å²) in [7, 11) is 0. The van der Waals surface area contributed by atoms with Gasteiger partial charge >= 0.3 is 0 Å². The summed E-state index contributed by atoms with van der Waals surface area (Å²) in [4.78, 5) is 4.95. The zero-order chi connectivity index (χ0) is 7.82. The maximum absolute atomic E-state index is 4.95. The molecule has 2 nitrogen and oxygen atoms in total. The van der Waals surface area contributed by atoms with E-state index in [0.717, 1.165) is 31.6 Å². The van der Waals surface area contributed by atoms with Gasteiger partial charge in [0, 0.05) is 0 Å². The third-order valence-electron chi connectivity index (χ3n) is 1.19. The van der Waals surface area contributed by atoms with Crippen LogP contribution in [0, 0.1) is 6.92 Å². The highest BCUT2D eigenvalue weighted by molar-refractivity contribution is 5.87. The fraction of sp³-hybridized carbons (Fsp3) is 0.750. The second kappa shape index (κ2) is 6.59. The van der Waals surface area contributed by atoms with Crippen molar-refractivity contribution < 1.29 is 4.84 Å². The standard InChI is InChI=1S/C8H16NO/c1-4-6-7-10-9-8(3)5-2/h3-7H2,1-2H3. The van der Waals surface area contributed by atoms with Crippen LogP contribution in [0.15, 0.2) is 5.16 Å². The van der Waals surface area contributed by atoms with E-state index >= 15 is 0 Å². The SMILES string of the molecule is [CH2]C(CC)=NOCCCC. The summed E-state index contributed by atoms with van der Waals surface area (Å²) in [5.74, 6) is 0. The lowest BCUT2D eigenvalue weighted by Gasteiger charge is -1.97. The number of nitrogens with zero attached hydrogens (tertiary/aromatic N) is 1. The van der Waals surface area contributed by atoms with Gasteiger partial charge in [0.05, 0.1) is 5.71 Å². The summed E-state index contributed by atoms with van der Waals surface area (Å²) < 4.78 is 0. The van der Waals surface area contributed by atoms with Crippen LogP contribution in [0.2, 0.25) is 0 Å².